The fourth-order valence-corrected chi connectivity index (χ4v) is 2.54. The van der Waals surface area contributed by atoms with Crippen molar-refractivity contribution in [3.63, 3.8) is 0 Å². The van der Waals surface area contributed by atoms with Crippen LogP contribution in [0.2, 0.25) is 0 Å². The van der Waals surface area contributed by atoms with Gasteiger partial charge >= 0.3 is 0 Å². The molecule has 1 saturated heterocycles. The van der Waals surface area contributed by atoms with Gasteiger partial charge in [0.15, 0.2) is 0 Å². The van der Waals surface area contributed by atoms with Gasteiger partial charge in [-0.1, -0.05) is 0 Å². The number of aryl methyl sites for hydroxylation is 2. The lowest BCUT2D eigenvalue weighted by atomic mass is 10.1. The second kappa shape index (κ2) is 4.87. The molecule has 0 bridgehead atoms. The Bertz CT molecular complexity index is 505. The highest BCUT2D eigenvalue weighted by molar-refractivity contribution is 14.1. The molecule has 1 aliphatic heterocycles. The Morgan fingerprint density at radius 2 is 1.94 bits per heavy atom. The van der Waals surface area contributed by atoms with E-state index in [1.807, 2.05) is 26.0 Å². The number of nitrogens with zero attached hydrogens (tertiary/aromatic N) is 1. The third-order valence-electron chi connectivity index (χ3n) is 3.26. The van der Waals surface area contributed by atoms with E-state index >= 15 is 0 Å². The first-order chi connectivity index (χ1) is 8.40. The molecule has 1 aromatic rings. The van der Waals surface area contributed by atoms with Gasteiger partial charge < -0.3 is 10.6 Å². The topological polar surface area (TPSA) is 63.4 Å². The Labute approximate surface area is 120 Å². The molecule has 96 valence electrons. The van der Waals surface area contributed by atoms with Crippen LogP contribution in [0.15, 0.2) is 12.1 Å². The van der Waals surface area contributed by atoms with E-state index < -0.39 is 5.91 Å². The van der Waals surface area contributed by atoms with Gasteiger partial charge in [-0.2, -0.15) is 0 Å². The SMILES string of the molecule is Cc1cc(N2C[C@H](C(N)=O)CC2=O)cc(C)c1I. The summed E-state index contributed by atoms with van der Waals surface area (Å²) in [6.07, 6.45) is 0.222. The lowest BCUT2D eigenvalue weighted by Gasteiger charge is -2.18. The first-order valence-electron chi connectivity index (χ1n) is 5.76. The number of hydrogen-bond donors (Lipinski definition) is 1. The predicted octanol–water partition coefficient (Wildman–Crippen LogP) is 1.75. The van der Waals surface area contributed by atoms with Crippen LogP contribution in [-0.2, 0) is 9.59 Å². The molecule has 2 N–H and O–H groups in total. The minimum Gasteiger partial charge on any atom is -0.369 e. The summed E-state index contributed by atoms with van der Waals surface area (Å²) in [6.45, 7) is 4.43. The lowest BCUT2D eigenvalue weighted by molar-refractivity contribution is -0.123. The van der Waals surface area contributed by atoms with Gasteiger partial charge in [-0.25, -0.2) is 0 Å². The molecule has 2 rings (SSSR count). The van der Waals surface area contributed by atoms with Crippen molar-refractivity contribution in [3.8, 4) is 0 Å². The van der Waals surface area contributed by atoms with Gasteiger partial charge in [0.05, 0.1) is 5.92 Å². The fourth-order valence-electron chi connectivity index (χ4n) is 2.23. The highest BCUT2D eigenvalue weighted by Crippen LogP contribution is 2.29. The molecule has 1 atom stereocenters. The molecule has 1 aromatic carbocycles. The van der Waals surface area contributed by atoms with Crippen molar-refractivity contribution in [1.82, 2.24) is 0 Å². The largest absolute Gasteiger partial charge is 0.369 e. The number of halogens is 1. The molecular weight excluding hydrogens is 343 g/mol. The molecule has 0 saturated carbocycles. The van der Waals surface area contributed by atoms with Gasteiger partial charge in [0.1, 0.15) is 0 Å². The number of benzene rings is 1. The van der Waals surface area contributed by atoms with Crippen LogP contribution in [0, 0.1) is 23.3 Å². The van der Waals surface area contributed by atoms with E-state index in [1.165, 1.54) is 3.57 Å². The standard InChI is InChI=1S/C13H15IN2O2/c1-7-3-10(4-8(2)12(7)14)16-6-9(13(15)18)5-11(16)17/h3-4,9H,5-6H2,1-2H3,(H2,15,18)/t9-/m1/s1. The van der Waals surface area contributed by atoms with E-state index in [0.717, 1.165) is 16.8 Å². The van der Waals surface area contributed by atoms with Crippen LogP contribution in [-0.4, -0.2) is 18.4 Å². The second-order valence-corrected chi connectivity index (χ2v) is 5.78. The molecule has 1 aliphatic rings. The van der Waals surface area contributed by atoms with Crippen LogP contribution in [0.3, 0.4) is 0 Å². The van der Waals surface area contributed by atoms with E-state index in [4.69, 9.17) is 5.73 Å². The fraction of sp³-hybridized carbons (Fsp3) is 0.385. The Hall–Kier alpha value is -1.11. The van der Waals surface area contributed by atoms with Gasteiger partial charge in [-0.05, 0) is 59.7 Å². The lowest BCUT2D eigenvalue weighted by Crippen LogP contribution is -2.28. The molecule has 1 heterocycles. The zero-order valence-corrected chi connectivity index (χ0v) is 12.5. The number of hydrogen-bond acceptors (Lipinski definition) is 2. The Morgan fingerprint density at radius 1 is 1.39 bits per heavy atom. The molecule has 0 unspecified atom stereocenters. The monoisotopic (exact) mass is 358 g/mol. The first kappa shape index (κ1) is 13.3. The Morgan fingerprint density at radius 3 is 2.39 bits per heavy atom. The number of amides is 2. The van der Waals surface area contributed by atoms with Gasteiger partial charge in [0, 0.05) is 22.2 Å². The summed E-state index contributed by atoms with van der Waals surface area (Å²) in [7, 11) is 0. The highest BCUT2D eigenvalue weighted by atomic mass is 127. The van der Waals surface area contributed by atoms with Crippen molar-refractivity contribution in [3.05, 3.63) is 26.8 Å². The molecule has 0 spiro atoms. The summed E-state index contributed by atoms with van der Waals surface area (Å²) in [6, 6.07) is 3.96. The molecular formula is C13H15IN2O2. The van der Waals surface area contributed by atoms with Crippen LogP contribution in [0.4, 0.5) is 5.69 Å². The number of primary amides is 1. The molecule has 4 nitrogen and oxygen atoms in total. The van der Waals surface area contributed by atoms with Crippen molar-refractivity contribution < 1.29 is 9.59 Å². The molecule has 0 aliphatic carbocycles. The van der Waals surface area contributed by atoms with E-state index in [2.05, 4.69) is 22.6 Å². The predicted molar refractivity (Wildman–Crippen MR) is 78.3 cm³/mol. The third kappa shape index (κ3) is 2.36. The highest BCUT2D eigenvalue weighted by Gasteiger charge is 2.34. The zero-order valence-electron chi connectivity index (χ0n) is 10.4. The number of anilines is 1. The Balaban J connectivity index is 2.33. The van der Waals surface area contributed by atoms with Crippen molar-refractivity contribution in [1.29, 1.82) is 0 Å². The molecule has 5 heteroatoms. The summed E-state index contributed by atoms with van der Waals surface area (Å²) in [5, 5.41) is 0. The van der Waals surface area contributed by atoms with Crippen molar-refractivity contribution in [2.24, 2.45) is 11.7 Å². The molecule has 1 fully saturated rings. The summed E-state index contributed by atoms with van der Waals surface area (Å²) in [5.74, 6) is -0.791. The number of carbonyl (C=O) groups excluding carboxylic acids is 2. The number of nitrogens with two attached hydrogens (primary N) is 1. The molecule has 2 amide bonds. The maximum atomic E-state index is 11.9. The maximum Gasteiger partial charge on any atom is 0.227 e. The number of rotatable bonds is 2. The van der Waals surface area contributed by atoms with Crippen LogP contribution < -0.4 is 10.6 Å². The van der Waals surface area contributed by atoms with Gasteiger partial charge in [0.2, 0.25) is 11.8 Å². The van der Waals surface area contributed by atoms with Crippen molar-refractivity contribution >= 4 is 40.1 Å². The average molecular weight is 358 g/mol. The van der Waals surface area contributed by atoms with Gasteiger partial charge in [-0.15, -0.1) is 0 Å². The van der Waals surface area contributed by atoms with Crippen LogP contribution in [0.5, 0.6) is 0 Å². The quantitative estimate of drug-likeness (QED) is 0.819. The van der Waals surface area contributed by atoms with Crippen molar-refractivity contribution in [2.45, 2.75) is 20.3 Å². The average Bonchev–Trinajstić information content (AvgIpc) is 2.68. The van der Waals surface area contributed by atoms with Crippen LogP contribution >= 0.6 is 22.6 Å². The maximum absolute atomic E-state index is 11.9. The molecule has 18 heavy (non-hydrogen) atoms. The molecule has 0 radical (unpaired) electrons. The second-order valence-electron chi connectivity index (χ2n) is 4.70. The first-order valence-corrected chi connectivity index (χ1v) is 6.84. The smallest absolute Gasteiger partial charge is 0.227 e. The zero-order chi connectivity index (χ0) is 13.4. The third-order valence-corrected chi connectivity index (χ3v) is 4.96. The van der Waals surface area contributed by atoms with E-state index in [1.54, 1.807) is 4.90 Å². The van der Waals surface area contributed by atoms with Crippen LogP contribution in [0.1, 0.15) is 17.5 Å². The summed E-state index contributed by atoms with van der Waals surface area (Å²) >= 11 is 2.29. The normalized spacial score (nSPS) is 19.4. The van der Waals surface area contributed by atoms with E-state index in [-0.39, 0.29) is 18.2 Å². The van der Waals surface area contributed by atoms with Crippen LogP contribution in [0.25, 0.3) is 0 Å². The summed E-state index contributed by atoms with van der Waals surface area (Å²) < 4.78 is 1.20. The number of carbonyl (C=O) groups is 2. The molecule has 0 aromatic heterocycles. The van der Waals surface area contributed by atoms with Gasteiger partial charge in [0.25, 0.3) is 0 Å². The van der Waals surface area contributed by atoms with Crippen molar-refractivity contribution in [2.75, 3.05) is 11.4 Å². The Kier molecular flexibility index (Phi) is 3.61. The van der Waals surface area contributed by atoms with E-state index in [9.17, 15) is 9.59 Å². The minimum absolute atomic E-state index is 0.0289. The van der Waals surface area contributed by atoms with Gasteiger partial charge in [-0.3, -0.25) is 9.59 Å². The summed E-state index contributed by atoms with van der Waals surface area (Å²) in [4.78, 5) is 24.7. The minimum atomic E-state index is -0.398. The summed E-state index contributed by atoms with van der Waals surface area (Å²) in [5.41, 5.74) is 8.40. The van der Waals surface area contributed by atoms with E-state index in [0.29, 0.717) is 6.54 Å².